The third kappa shape index (κ3) is 5.46. The van der Waals surface area contributed by atoms with Gasteiger partial charge in [-0.3, -0.25) is 14.4 Å². The first-order valence-corrected chi connectivity index (χ1v) is 5.88. The maximum absolute atomic E-state index is 11.7. The summed E-state index contributed by atoms with van der Waals surface area (Å²) in [6, 6.07) is 0. The van der Waals surface area contributed by atoms with Gasteiger partial charge >= 0.3 is 5.97 Å². The molecule has 20 heavy (non-hydrogen) atoms. The zero-order valence-corrected chi connectivity index (χ0v) is 11.5. The van der Waals surface area contributed by atoms with E-state index in [1.54, 1.807) is 0 Å². The van der Waals surface area contributed by atoms with Gasteiger partial charge in [-0.25, -0.2) is 4.68 Å². The Morgan fingerprint density at radius 2 is 2.00 bits per heavy atom. The topological polar surface area (TPSA) is 126 Å². The summed E-state index contributed by atoms with van der Waals surface area (Å²) in [6.45, 7) is 4.89. The molecule has 0 aliphatic heterocycles. The quantitative estimate of drug-likeness (QED) is 0.636. The third-order valence-electron chi connectivity index (χ3n) is 1.99. The number of hydrogen-bond acceptors (Lipinski definition) is 5. The Bertz CT molecular complexity index is 517. The first-order valence-electron chi connectivity index (χ1n) is 5.88. The van der Waals surface area contributed by atoms with E-state index in [0.29, 0.717) is 0 Å². The van der Waals surface area contributed by atoms with Crippen molar-refractivity contribution in [3.63, 3.8) is 0 Å². The van der Waals surface area contributed by atoms with Gasteiger partial charge < -0.3 is 15.7 Å². The van der Waals surface area contributed by atoms with Gasteiger partial charge in [0.15, 0.2) is 5.69 Å². The fourth-order valence-corrected chi connectivity index (χ4v) is 1.33. The summed E-state index contributed by atoms with van der Waals surface area (Å²) in [5.74, 6) is -2.01. The summed E-state index contributed by atoms with van der Waals surface area (Å²) in [6.07, 6.45) is 1.20. The lowest BCUT2D eigenvalue weighted by Gasteiger charge is -2.20. The third-order valence-corrected chi connectivity index (χ3v) is 1.99. The lowest BCUT2D eigenvalue weighted by molar-refractivity contribution is -0.138. The van der Waals surface area contributed by atoms with Crippen LogP contribution < -0.4 is 10.6 Å². The van der Waals surface area contributed by atoms with E-state index < -0.39 is 11.9 Å². The Hall–Kier alpha value is -2.45. The second kappa shape index (κ2) is 6.13. The van der Waals surface area contributed by atoms with Gasteiger partial charge in [0.2, 0.25) is 5.91 Å². The first-order chi connectivity index (χ1) is 9.17. The van der Waals surface area contributed by atoms with Crippen LogP contribution in [0.1, 0.15) is 31.3 Å². The molecule has 0 unspecified atom stereocenters. The molecule has 0 aliphatic carbocycles. The maximum atomic E-state index is 11.7. The van der Waals surface area contributed by atoms with Gasteiger partial charge in [-0.05, 0) is 20.8 Å². The number of nitrogens with zero attached hydrogens (tertiary/aromatic N) is 3. The van der Waals surface area contributed by atoms with Gasteiger partial charge in [0.1, 0.15) is 6.54 Å². The number of carbonyl (C=O) groups excluding carboxylic acids is 2. The van der Waals surface area contributed by atoms with Gasteiger partial charge in [-0.1, -0.05) is 5.21 Å². The molecule has 0 radical (unpaired) electrons. The summed E-state index contributed by atoms with van der Waals surface area (Å²) in [4.78, 5) is 33.6. The monoisotopic (exact) mass is 283 g/mol. The van der Waals surface area contributed by atoms with Crippen molar-refractivity contribution in [2.75, 3.05) is 6.54 Å². The smallest absolute Gasteiger partial charge is 0.325 e. The predicted octanol–water partition coefficient (Wildman–Crippen LogP) is -0.993. The molecule has 1 rings (SSSR count). The highest BCUT2D eigenvalue weighted by atomic mass is 16.4. The van der Waals surface area contributed by atoms with E-state index in [9.17, 15) is 14.4 Å². The summed E-state index contributed by atoms with van der Waals surface area (Å²) in [7, 11) is 0. The number of aliphatic carboxylic acids is 1. The maximum Gasteiger partial charge on any atom is 0.325 e. The van der Waals surface area contributed by atoms with Crippen LogP contribution in [0, 0.1) is 0 Å². The van der Waals surface area contributed by atoms with Crippen LogP contribution in [0.5, 0.6) is 0 Å². The second-order valence-electron chi connectivity index (χ2n) is 5.18. The summed E-state index contributed by atoms with van der Waals surface area (Å²) >= 11 is 0. The minimum atomic E-state index is -1.09. The largest absolute Gasteiger partial charge is 0.480 e. The standard InChI is InChI=1S/C11H17N5O4/c1-11(2,3)13-8(17)4-12-10(20)7-5-16(15-14-7)6-9(18)19/h5H,4,6H2,1-3H3,(H,12,20)(H,13,17)(H,18,19). The number of carbonyl (C=O) groups is 3. The molecule has 1 heterocycles. The molecule has 0 aromatic carbocycles. The van der Waals surface area contributed by atoms with Gasteiger partial charge in [0.25, 0.3) is 5.91 Å². The van der Waals surface area contributed by atoms with Crippen molar-refractivity contribution in [2.24, 2.45) is 0 Å². The molecule has 1 aromatic heterocycles. The van der Waals surface area contributed by atoms with Crippen molar-refractivity contribution in [1.29, 1.82) is 0 Å². The normalized spacial score (nSPS) is 10.9. The number of carboxylic acids is 1. The number of aromatic nitrogens is 3. The molecule has 0 atom stereocenters. The molecule has 0 spiro atoms. The number of amides is 2. The molecule has 2 amide bonds. The summed E-state index contributed by atoms with van der Waals surface area (Å²) in [5.41, 5.74) is -0.429. The van der Waals surface area contributed by atoms with Crippen LogP contribution in [0.15, 0.2) is 6.20 Å². The second-order valence-corrected chi connectivity index (χ2v) is 5.18. The van der Waals surface area contributed by atoms with Gasteiger partial charge in [0, 0.05) is 5.54 Å². The summed E-state index contributed by atoms with van der Waals surface area (Å²) < 4.78 is 1.02. The molecular weight excluding hydrogens is 266 g/mol. The van der Waals surface area contributed by atoms with Crippen LogP contribution >= 0.6 is 0 Å². The Labute approximate surface area is 115 Å². The summed E-state index contributed by atoms with van der Waals surface area (Å²) in [5, 5.41) is 20.6. The van der Waals surface area contributed by atoms with Crippen LogP contribution in [0.4, 0.5) is 0 Å². The SMILES string of the molecule is CC(C)(C)NC(=O)CNC(=O)c1cn(CC(=O)O)nn1. The molecule has 9 heteroatoms. The fraction of sp³-hybridized carbons (Fsp3) is 0.545. The number of hydrogen-bond donors (Lipinski definition) is 3. The first kappa shape index (κ1) is 15.6. The lowest BCUT2D eigenvalue weighted by Crippen LogP contribution is -2.45. The van der Waals surface area contributed by atoms with Crippen LogP contribution in [0.2, 0.25) is 0 Å². The Morgan fingerprint density at radius 1 is 1.35 bits per heavy atom. The van der Waals surface area contributed by atoms with Gasteiger partial charge in [-0.2, -0.15) is 0 Å². The van der Waals surface area contributed by atoms with E-state index in [0.717, 1.165) is 4.68 Å². The molecule has 1 aromatic rings. The van der Waals surface area contributed by atoms with Gasteiger partial charge in [0.05, 0.1) is 12.7 Å². The average molecular weight is 283 g/mol. The average Bonchev–Trinajstić information content (AvgIpc) is 2.71. The van der Waals surface area contributed by atoms with Crippen molar-refractivity contribution in [2.45, 2.75) is 32.9 Å². The Balaban J connectivity index is 2.49. The van der Waals surface area contributed by atoms with Gasteiger partial charge in [-0.15, -0.1) is 5.10 Å². The zero-order valence-electron chi connectivity index (χ0n) is 11.5. The highest BCUT2D eigenvalue weighted by molar-refractivity contribution is 5.94. The highest BCUT2D eigenvalue weighted by Crippen LogP contribution is 1.97. The predicted molar refractivity (Wildman–Crippen MR) is 67.9 cm³/mol. The molecule has 0 aliphatic rings. The van der Waals surface area contributed by atoms with E-state index in [1.807, 2.05) is 20.8 Å². The van der Waals surface area contributed by atoms with Crippen molar-refractivity contribution in [1.82, 2.24) is 25.6 Å². The lowest BCUT2D eigenvalue weighted by atomic mass is 10.1. The molecule has 0 bridgehead atoms. The molecule has 110 valence electrons. The number of carboxylic acid groups (broad SMARTS) is 1. The zero-order chi connectivity index (χ0) is 15.3. The number of rotatable bonds is 5. The number of nitrogens with one attached hydrogen (secondary N) is 2. The van der Waals surface area contributed by atoms with E-state index in [1.165, 1.54) is 6.20 Å². The van der Waals surface area contributed by atoms with E-state index in [-0.39, 0.29) is 30.2 Å². The molecule has 3 N–H and O–H groups in total. The van der Waals surface area contributed by atoms with Crippen LogP contribution in [0.25, 0.3) is 0 Å². The van der Waals surface area contributed by atoms with Crippen molar-refractivity contribution in [3.8, 4) is 0 Å². The van der Waals surface area contributed by atoms with Crippen molar-refractivity contribution in [3.05, 3.63) is 11.9 Å². The van der Waals surface area contributed by atoms with Crippen molar-refractivity contribution < 1.29 is 19.5 Å². The van der Waals surface area contributed by atoms with E-state index in [2.05, 4.69) is 20.9 Å². The highest BCUT2D eigenvalue weighted by Gasteiger charge is 2.16. The van der Waals surface area contributed by atoms with Crippen LogP contribution in [-0.4, -0.2) is 50.0 Å². The molecule has 0 saturated heterocycles. The molecular formula is C11H17N5O4. The molecule has 9 nitrogen and oxygen atoms in total. The Kier molecular flexibility index (Phi) is 4.78. The molecule has 0 fully saturated rings. The van der Waals surface area contributed by atoms with Crippen molar-refractivity contribution >= 4 is 17.8 Å². The Morgan fingerprint density at radius 3 is 2.55 bits per heavy atom. The minimum Gasteiger partial charge on any atom is -0.480 e. The minimum absolute atomic E-state index is 0.0465. The van der Waals surface area contributed by atoms with Crippen LogP contribution in [-0.2, 0) is 16.1 Å². The fourth-order valence-electron chi connectivity index (χ4n) is 1.33. The van der Waals surface area contributed by atoms with Crippen LogP contribution in [0.3, 0.4) is 0 Å². The molecule has 0 saturated carbocycles. The van der Waals surface area contributed by atoms with E-state index >= 15 is 0 Å². The van der Waals surface area contributed by atoms with E-state index in [4.69, 9.17) is 5.11 Å².